The third kappa shape index (κ3) is 25.6. The molecule has 0 saturated carbocycles. The van der Waals surface area contributed by atoms with Crippen LogP contribution in [0.2, 0.25) is 0 Å². The van der Waals surface area contributed by atoms with E-state index in [1.807, 2.05) is 51.5 Å². The standard InChI is InChI=1S/C36H68N3O6P/c1-5-6-7-8-9-10-11-12-13-14-15-16-17-18-19-20-21-25-29-43-33-35(45-46(41,42)44-30-28-39(2,3)4)32-38(36(37)40)31-34-26-23-22-24-27-34/h22-24,26-27,35H,5-21,25,28-33H2,1-4H3,(H2-,37,40,41,42). The van der Waals surface area contributed by atoms with Crippen LogP contribution in [0.1, 0.15) is 128 Å². The van der Waals surface area contributed by atoms with Crippen molar-refractivity contribution in [2.45, 2.75) is 135 Å². The molecule has 0 aliphatic carbocycles. The number of carbonyl (C=O) groups excluding carboxylic acids is 1. The van der Waals surface area contributed by atoms with E-state index in [0.717, 1.165) is 18.4 Å². The van der Waals surface area contributed by atoms with Crippen LogP contribution in [0.5, 0.6) is 0 Å². The Balaban J connectivity index is 2.28. The molecule has 46 heavy (non-hydrogen) atoms. The largest absolute Gasteiger partial charge is 0.756 e. The Bertz CT molecular complexity index is 915. The first-order valence-electron chi connectivity index (χ1n) is 18.1. The Kier molecular flexibility index (Phi) is 24.5. The second kappa shape index (κ2) is 26.5. The molecular weight excluding hydrogens is 601 g/mol. The van der Waals surface area contributed by atoms with Crippen LogP contribution in [-0.4, -0.2) is 75.6 Å². The van der Waals surface area contributed by atoms with E-state index in [4.69, 9.17) is 19.5 Å². The van der Waals surface area contributed by atoms with Gasteiger partial charge in [-0.15, -0.1) is 0 Å². The van der Waals surface area contributed by atoms with Crippen molar-refractivity contribution in [3.63, 3.8) is 0 Å². The molecule has 0 aliphatic rings. The Hall–Kier alpha value is -1.48. The lowest BCUT2D eigenvalue weighted by atomic mass is 10.0. The van der Waals surface area contributed by atoms with Crippen LogP contribution in [0.15, 0.2) is 30.3 Å². The van der Waals surface area contributed by atoms with E-state index in [9.17, 15) is 14.3 Å². The number of nitrogens with two attached hydrogens (primary N) is 1. The van der Waals surface area contributed by atoms with Gasteiger partial charge in [-0.05, 0) is 12.0 Å². The number of nitrogens with zero attached hydrogens (tertiary/aromatic N) is 2. The van der Waals surface area contributed by atoms with Crippen LogP contribution in [0, 0.1) is 0 Å². The number of rotatable bonds is 31. The monoisotopic (exact) mass is 669 g/mol. The van der Waals surface area contributed by atoms with Gasteiger partial charge in [-0.2, -0.15) is 0 Å². The summed E-state index contributed by atoms with van der Waals surface area (Å²) in [6.07, 6.45) is 22.7. The zero-order chi connectivity index (χ0) is 33.9. The minimum absolute atomic E-state index is 0.000707. The van der Waals surface area contributed by atoms with Crippen LogP contribution in [0.4, 0.5) is 4.79 Å². The molecule has 10 heteroatoms. The molecule has 268 valence electrons. The van der Waals surface area contributed by atoms with Crippen LogP contribution in [-0.2, 0) is 24.9 Å². The van der Waals surface area contributed by atoms with Gasteiger partial charge in [0.25, 0.3) is 7.82 Å². The summed E-state index contributed by atoms with van der Waals surface area (Å²) >= 11 is 0. The van der Waals surface area contributed by atoms with Gasteiger partial charge in [-0.1, -0.05) is 146 Å². The summed E-state index contributed by atoms with van der Waals surface area (Å²) in [6.45, 7) is 3.49. The van der Waals surface area contributed by atoms with E-state index < -0.39 is 20.0 Å². The lowest BCUT2D eigenvalue weighted by molar-refractivity contribution is -0.870. The maximum Gasteiger partial charge on any atom is 0.315 e. The summed E-state index contributed by atoms with van der Waals surface area (Å²) in [6, 6.07) is 8.74. The number of primary amides is 1. The minimum Gasteiger partial charge on any atom is -0.756 e. The van der Waals surface area contributed by atoms with Gasteiger partial charge in [-0.3, -0.25) is 4.57 Å². The Morgan fingerprint density at radius 3 is 1.74 bits per heavy atom. The van der Waals surface area contributed by atoms with Gasteiger partial charge in [0.15, 0.2) is 0 Å². The number of ether oxygens (including phenoxy) is 1. The van der Waals surface area contributed by atoms with Gasteiger partial charge in [0.1, 0.15) is 19.3 Å². The van der Waals surface area contributed by atoms with E-state index in [0.29, 0.717) is 17.6 Å². The van der Waals surface area contributed by atoms with Crippen LogP contribution in [0.25, 0.3) is 0 Å². The maximum atomic E-state index is 12.6. The molecule has 0 heterocycles. The molecule has 2 atom stereocenters. The summed E-state index contributed by atoms with van der Waals surface area (Å²) in [5.74, 6) is 0. The number of phosphoric acid groups is 1. The first-order chi connectivity index (χ1) is 22.0. The Morgan fingerprint density at radius 1 is 0.804 bits per heavy atom. The van der Waals surface area contributed by atoms with E-state index in [-0.39, 0.29) is 26.3 Å². The molecule has 0 spiro atoms. The summed E-state index contributed by atoms with van der Waals surface area (Å²) in [4.78, 5) is 26.2. The average Bonchev–Trinajstić information content (AvgIpc) is 2.99. The number of urea groups is 1. The van der Waals surface area contributed by atoms with Crippen molar-refractivity contribution in [3.8, 4) is 0 Å². The highest BCUT2D eigenvalue weighted by Gasteiger charge is 2.24. The van der Waals surface area contributed by atoms with Crippen LogP contribution < -0.4 is 10.6 Å². The quantitative estimate of drug-likeness (QED) is 0.0484. The molecule has 1 aromatic rings. The third-order valence-corrected chi connectivity index (χ3v) is 9.24. The van der Waals surface area contributed by atoms with Crippen molar-refractivity contribution in [2.24, 2.45) is 5.73 Å². The Labute approximate surface area is 281 Å². The van der Waals surface area contributed by atoms with Crippen molar-refractivity contribution in [3.05, 3.63) is 35.9 Å². The highest BCUT2D eigenvalue weighted by molar-refractivity contribution is 7.45. The smallest absolute Gasteiger partial charge is 0.315 e. The number of amides is 2. The molecule has 0 aliphatic heterocycles. The van der Waals surface area contributed by atoms with E-state index in [1.165, 1.54) is 108 Å². The number of hydrogen-bond acceptors (Lipinski definition) is 6. The lowest BCUT2D eigenvalue weighted by Crippen LogP contribution is -2.43. The normalized spacial score (nSPS) is 13.8. The molecule has 0 aromatic heterocycles. The number of hydrogen-bond donors (Lipinski definition) is 1. The summed E-state index contributed by atoms with van der Waals surface area (Å²) in [7, 11) is 1.23. The number of phosphoric ester groups is 1. The molecule has 0 radical (unpaired) electrons. The zero-order valence-electron chi connectivity index (χ0n) is 29.8. The second-order valence-electron chi connectivity index (χ2n) is 13.8. The molecule has 0 bridgehead atoms. The fourth-order valence-electron chi connectivity index (χ4n) is 5.36. The number of unbranched alkanes of at least 4 members (excludes halogenated alkanes) is 17. The number of benzene rings is 1. The van der Waals surface area contributed by atoms with Gasteiger partial charge in [-0.25, -0.2) is 4.79 Å². The molecule has 0 saturated heterocycles. The maximum absolute atomic E-state index is 12.6. The fraction of sp³-hybridized carbons (Fsp3) is 0.806. The topological polar surface area (TPSA) is 114 Å². The second-order valence-corrected chi connectivity index (χ2v) is 15.2. The van der Waals surface area contributed by atoms with E-state index in [2.05, 4.69) is 6.92 Å². The van der Waals surface area contributed by atoms with Gasteiger partial charge in [0.05, 0.1) is 34.3 Å². The molecule has 2 amide bonds. The van der Waals surface area contributed by atoms with Crippen molar-refractivity contribution < 1.29 is 32.5 Å². The third-order valence-electron chi connectivity index (χ3n) is 8.19. The first kappa shape index (κ1) is 42.5. The van der Waals surface area contributed by atoms with E-state index >= 15 is 0 Å². The van der Waals surface area contributed by atoms with Crippen LogP contribution >= 0.6 is 7.82 Å². The molecular formula is C36H68N3O6P. The van der Waals surface area contributed by atoms with Crippen molar-refractivity contribution in [1.82, 2.24) is 4.90 Å². The van der Waals surface area contributed by atoms with Crippen molar-refractivity contribution in [2.75, 3.05) is 54.1 Å². The highest BCUT2D eigenvalue weighted by atomic mass is 31.2. The molecule has 0 fully saturated rings. The van der Waals surface area contributed by atoms with Gasteiger partial charge >= 0.3 is 6.03 Å². The van der Waals surface area contributed by atoms with Crippen molar-refractivity contribution in [1.29, 1.82) is 0 Å². The molecule has 2 unspecified atom stereocenters. The molecule has 9 nitrogen and oxygen atoms in total. The predicted molar refractivity (Wildman–Crippen MR) is 187 cm³/mol. The van der Waals surface area contributed by atoms with Gasteiger partial charge in [0, 0.05) is 13.2 Å². The zero-order valence-corrected chi connectivity index (χ0v) is 30.7. The molecule has 1 rings (SSSR count). The highest BCUT2D eigenvalue weighted by Crippen LogP contribution is 2.40. The first-order valence-corrected chi connectivity index (χ1v) is 19.6. The van der Waals surface area contributed by atoms with E-state index in [1.54, 1.807) is 0 Å². The van der Waals surface area contributed by atoms with Crippen molar-refractivity contribution >= 4 is 13.9 Å². The minimum atomic E-state index is -4.62. The Morgan fingerprint density at radius 2 is 1.28 bits per heavy atom. The predicted octanol–water partition coefficient (Wildman–Crippen LogP) is 8.20. The number of quaternary nitrogens is 1. The fourth-order valence-corrected chi connectivity index (χ4v) is 6.22. The van der Waals surface area contributed by atoms with Gasteiger partial charge in [0.2, 0.25) is 0 Å². The number of likely N-dealkylation sites (N-methyl/N-ethyl adjacent to an activating group) is 1. The lowest BCUT2D eigenvalue weighted by Gasteiger charge is -2.32. The summed E-state index contributed by atoms with van der Waals surface area (Å²) < 4.78 is 29.5. The number of carbonyl (C=O) groups is 1. The average molecular weight is 670 g/mol. The molecule has 1 aromatic carbocycles. The SMILES string of the molecule is CCCCCCCCCCCCCCCCCCCCOCC(CN(Cc1ccccc1)C(N)=O)OP(=O)([O-])OCC[N+](C)(C)C. The summed E-state index contributed by atoms with van der Waals surface area (Å²) in [5.41, 5.74) is 6.52. The van der Waals surface area contributed by atoms with Crippen LogP contribution in [0.3, 0.4) is 0 Å². The summed E-state index contributed by atoms with van der Waals surface area (Å²) in [5, 5.41) is 0. The molecule has 2 N–H and O–H groups in total. The van der Waals surface area contributed by atoms with Gasteiger partial charge < -0.3 is 33.8 Å².